The van der Waals surface area contributed by atoms with Gasteiger partial charge < -0.3 is 5.32 Å². The van der Waals surface area contributed by atoms with Gasteiger partial charge in [0.05, 0.1) is 0 Å². The Morgan fingerprint density at radius 1 is 1.60 bits per heavy atom. The zero-order valence-corrected chi connectivity index (χ0v) is 11.3. The Morgan fingerprint density at radius 3 is 3.07 bits per heavy atom. The van der Waals surface area contributed by atoms with Crippen LogP contribution in [0.4, 0.5) is 0 Å². The number of rotatable bonds is 3. The highest BCUT2D eigenvalue weighted by Gasteiger charge is 2.13. The Hall–Kier alpha value is 0.230. The molecule has 2 rings (SSSR count). The summed E-state index contributed by atoms with van der Waals surface area (Å²) < 4.78 is 1.22. The van der Waals surface area contributed by atoms with E-state index in [-0.39, 0.29) is 12.4 Å². The van der Waals surface area contributed by atoms with Crippen molar-refractivity contribution in [2.75, 3.05) is 12.3 Å². The van der Waals surface area contributed by atoms with Crippen LogP contribution in [0.15, 0.2) is 9.72 Å². The second-order valence-electron chi connectivity index (χ2n) is 3.71. The maximum atomic E-state index is 4.45. The zero-order valence-electron chi connectivity index (χ0n) is 8.86. The van der Waals surface area contributed by atoms with Crippen molar-refractivity contribution >= 4 is 35.5 Å². The summed E-state index contributed by atoms with van der Waals surface area (Å²) in [5, 5.41) is 5.67. The molecule has 15 heavy (non-hydrogen) atoms. The molecule has 1 unspecified atom stereocenters. The number of thiazole rings is 1. The van der Waals surface area contributed by atoms with Crippen LogP contribution in [0.1, 0.15) is 25.0 Å². The predicted molar refractivity (Wildman–Crippen MR) is 70.5 cm³/mol. The first-order valence-electron chi connectivity index (χ1n) is 5.13. The first-order chi connectivity index (χ1) is 6.84. The van der Waals surface area contributed by atoms with Gasteiger partial charge in [-0.3, -0.25) is 0 Å². The van der Waals surface area contributed by atoms with Crippen LogP contribution in [0.5, 0.6) is 0 Å². The zero-order chi connectivity index (χ0) is 9.80. The average Bonchev–Trinajstić information content (AvgIpc) is 2.63. The van der Waals surface area contributed by atoms with Crippen LogP contribution in [-0.2, 0) is 0 Å². The van der Waals surface area contributed by atoms with E-state index in [1.165, 1.54) is 35.9 Å². The maximum Gasteiger partial charge on any atom is 0.150 e. The number of thioether (sulfide) groups is 1. The highest BCUT2D eigenvalue weighted by molar-refractivity contribution is 8.01. The fourth-order valence-electron chi connectivity index (χ4n) is 1.64. The standard InChI is InChI=1S/C10H16N2S2.ClH/c1-8-6-13-10(12-8)14-7-9-4-2-3-5-11-9;/h6,9,11H,2-5,7H2,1H3;1H. The largest absolute Gasteiger partial charge is 0.313 e. The molecule has 1 saturated heterocycles. The van der Waals surface area contributed by atoms with Gasteiger partial charge in [-0.15, -0.1) is 23.7 Å². The highest BCUT2D eigenvalue weighted by Crippen LogP contribution is 2.24. The number of halogens is 1. The van der Waals surface area contributed by atoms with E-state index >= 15 is 0 Å². The SMILES string of the molecule is Cc1csc(SCC2CCCCN2)n1.Cl. The first-order valence-corrected chi connectivity index (χ1v) is 6.99. The number of piperidine rings is 1. The van der Waals surface area contributed by atoms with Crippen molar-refractivity contribution in [1.29, 1.82) is 0 Å². The Kier molecular flexibility index (Phi) is 5.97. The molecule has 0 aromatic carbocycles. The van der Waals surface area contributed by atoms with Gasteiger partial charge in [-0.2, -0.15) is 0 Å². The van der Waals surface area contributed by atoms with Crippen LogP contribution < -0.4 is 5.32 Å². The molecule has 1 N–H and O–H groups in total. The van der Waals surface area contributed by atoms with Crippen LogP contribution in [0.25, 0.3) is 0 Å². The Bertz CT molecular complexity index is 285. The summed E-state index contributed by atoms with van der Waals surface area (Å²) in [7, 11) is 0. The molecule has 0 amide bonds. The summed E-state index contributed by atoms with van der Waals surface area (Å²) in [5.41, 5.74) is 1.15. The lowest BCUT2D eigenvalue weighted by Crippen LogP contribution is -2.35. The van der Waals surface area contributed by atoms with Crippen molar-refractivity contribution in [3.63, 3.8) is 0 Å². The molecule has 0 saturated carbocycles. The van der Waals surface area contributed by atoms with Crippen molar-refractivity contribution in [3.8, 4) is 0 Å². The summed E-state index contributed by atoms with van der Waals surface area (Å²) in [6.07, 6.45) is 4.06. The molecule has 2 nitrogen and oxygen atoms in total. The third-order valence-electron chi connectivity index (χ3n) is 2.42. The van der Waals surface area contributed by atoms with Crippen LogP contribution in [0.2, 0.25) is 0 Å². The maximum absolute atomic E-state index is 4.45. The minimum Gasteiger partial charge on any atom is -0.313 e. The predicted octanol–water partition coefficient (Wildman–Crippen LogP) is 3.11. The molecular formula is C10H17ClN2S2. The number of nitrogens with zero attached hydrogens (tertiary/aromatic N) is 1. The summed E-state index contributed by atoms with van der Waals surface area (Å²) >= 11 is 3.65. The summed E-state index contributed by atoms with van der Waals surface area (Å²) in [6, 6.07) is 0.706. The van der Waals surface area contributed by atoms with Gasteiger partial charge in [-0.05, 0) is 26.3 Å². The third kappa shape index (κ3) is 4.31. The van der Waals surface area contributed by atoms with Gasteiger partial charge in [0.25, 0.3) is 0 Å². The van der Waals surface area contributed by atoms with Crippen molar-refractivity contribution in [2.24, 2.45) is 0 Å². The lowest BCUT2D eigenvalue weighted by Gasteiger charge is -2.22. The summed E-state index contributed by atoms with van der Waals surface area (Å²) in [4.78, 5) is 4.45. The normalized spacial score (nSPS) is 21.0. The first kappa shape index (κ1) is 13.3. The Balaban J connectivity index is 0.00000112. The van der Waals surface area contributed by atoms with Gasteiger partial charge in [-0.1, -0.05) is 18.2 Å². The van der Waals surface area contributed by atoms with E-state index in [0.717, 1.165) is 5.69 Å². The molecular weight excluding hydrogens is 248 g/mol. The van der Waals surface area contributed by atoms with E-state index in [9.17, 15) is 0 Å². The topological polar surface area (TPSA) is 24.9 Å². The molecule has 1 fully saturated rings. The molecule has 2 heterocycles. The molecule has 1 aliphatic rings. The molecule has 1 atom stereocenters. The molecule has 1 aliphatic heterocycles. The molecule has 86 valence electrons. The molecule has 1 aromatic heterocycles. The van der Waals surface area contributed by atoms with Crippen molar-refractivity contribution < 1.29 is 0 Å². The van der Waals surface area contributed by atoms with Crippen molar-refractivity contribution in [1.82, 2.24) is 10.3 Å². The molecule has 0 bridgehead atoms. The molecule has 1 aromatic rings. The molecule has 0 spiro atoms. The summed E-state index contributed by atoms with van der Waals surface area (Å²) in [6.45, 7) is 3.25. The number of aromatic nitrogens is 1. The van der Waals surface area contributed by atoms with E-state index in [2.05, 4.69) is 22.6 Å². The average molecular weight is 265 g/mol. The lowest BCUT2D eigenvalue weighted by atomic mass is 10.1. The molecule has 0 aliphatic carbocycles. The smallest absolute Gasteiger partial charge is 0.150 e. The lowest BCUT2D eigenvalue weighted by molar-refractivity contribution is 0.430. The van der Waals surface area contributed by atoms with Gasteiger partial charge in [-0.25, -0.2) is 4.98 Å². The minimum absolute atomic E-state index is 0. The van der Waals surface area contributed by atoms with Crippen LogP contribution >= 0.6 is 35.5 Å². The Morgan fingerprint density at radius 2 is 2.47 bits per heavy atom. The fraction of sp³-hybridized carbons (Fsp3) is 0.700. The Labute approximate surface area is 106 Å². The van der Waals surface area contributed by atoms with Crippen molar-refractivity contribution in [2.45, 2.75) is 36.6 Å². The van der Waals surface area contributed by atoms with Crippen LogP contribution in [-0.4, -0.2) is 23.3 Å². The quantitative estimate of drug-likeness (QED) is 0.850. The second kappa shape index (κ2) is 6.74. The van der Waals surface area contributed by atoms with E-state index < -0.39 is 0 Å². The van der Waals surface area contributed by atoms with Crippen LogP contribution in [0, 0.1) is 6.92 Å². The molecule has 0 radical (unpaired) electrons. The summed E-state index contributed by atoms with van der Waals surface area (Å²) in [5.74, 6) is 1.17. The van der Waals surface area contributed by atoms with Gasteiger partial charge in [0.2, 0.25) is 0 Å². The van der Waals surface area contributed by atoms with Gasteiger partial charge in [0.15, 0.2) is 0 Å². The van der Waals surface area contributed by atoms with E-state index in [4.69, 9.17) is 0 Å². The minimum atomic E-state index is 0. The molecule has 5 heteroatoms. The van der Waals surface area contributed by atoms with E-state index in [1.54, 1.807) is 11.3 Å². The van der Waals surface area contributed by atoms with E-state index in [0.29, 0.717) is 6.04 Å². The second-order valence-corrected chi connectivity index (χ2v) is 5.84. The fourth-order valence-corrected chi connectivity index (χ4v) is 3.62. The van der Waals surface area contributed by atoms with Gasteiger partial charge in [0.1, 0.15) is 4.34 Å². The van der Waals surface area contributed by atoms with Crippen LogP contribution in [0.3, 0.4) is 0 Å². The highest BCUT2D eigenvalue weighted by atomic mass is 35.5. The number of hydrogen-bond acceptors (Lipinski definition) is 4. The van der Waals surface area contributed by atoms with Gasteiger partial charge >= 0.3 is 0 Å². The monoisotopic (exact) mass is 264 g/mol. The third-order valence-corrected chi connectivity index (χ3v) is 4.72. The number of aryl methyl sites for hydroxylation is 1. The van der Waals surface area contributed by atoms with E-state index in [1.807, 2.05) is 11.8 Å². The number of nitrogens with one attached hydrogen (secondary N) is 1. The van der Waals surface area contributed by atoms with Crippen molar-refractivity contribution in [3.05, 3.63) is 11.1 Å². The van der Waals surface area contributed by atoms with Gasteiger partial charge in [0, 0.05) is 22.9 Å². The number of hydrogen-bond donors (Lipinski definition) is 1.